The Balaban J connectivity index is 1.84. The lowest BCUT2D eigenvalue weighted by Crippen LogP contribution is -3.13. The molecule has 0 saturated heterocycles. The fraction of sp³-hybridized carbons (Fsp3) is 0.381. The smallest absolute Gasteiger partial charge is 0.251 e. The molecule has 2 atom stereocenters. The summed E-state index contributed by atoms with van der Waals surface area (Å²) in [7, 11) is 3.30. The summed E-state index contributed by atoms with van der Waals surface area (Å²) in [5, 5.41) is 3.64. The first-order chi connectivity index (χ1) is 13.1. The van der Waals surface area contributed by atoms with Gasteiger partial charge >= 0.3 is 0 Å². The van der Waals surface area contributed by atoms with Gasteiger partial charge in [-0.3, -0.25) is 4.79 Å². The van der Waals surface area contributed by atoms with Crippen LogP contribution in [0, 0.1) is 0 Å². The van der Waals surface area contributed by atoms with Gasteiger partial charge in [-0.05, 0) is 42.8 Å². The Kier molecular flexibility index (Phi) is 6.24. The van der Waals surface area contributed by atoms with Crippen LogP contribution >= 0.6 is 11.6 Å². The van der Waals surface area contributed by atoms with Crippen LogP contribution in [-0.4, -0.2) is 39.8 Å². The van der Waals surface area contributed by atoms with E-state index in [1.54, 1.807) is 38.5 Å². The summed E-state index contributed by atoms with van der Waals surface area (Å²) in [5.74, 6) is 1.36. The molecule has 1 aliphatic heterocycles. The highest BCUT2D eigenvalue weighted by molar-refractivity contribution is 6.30. The highest BCUT2D eigenvalue weighted by Gasteiger charge is 2.31. The molecule has 2 aromatic rings. The van der Waals surface area contributed by atoms with Crippen molar-refractivity contribution in [1.82, 2.24) is 5.32 Å². The van der Waals surface area contributed by atoms with Gasteiger partial charge in [0.1, 0.15) is 6.04 Å². The standard InChI is InChI=1S/C21H25ClN2O3/c1-4-24-9-8-14-11-19(26-2)20(27-3)12-17(14)18(24)13-23-21(25)15-6-5-7-16(22)10-15/h5-7,10-12,18H,4,8-9,13H2,1-3H3,(H,23,25)/p+1/t18-/m0/s1. The second-order valence-electron chi connectivity index (χ2n) is 6.69. The van der Waals surface area contributed by atoms with E-state index >= 15 is 0 Å². The number of amides is 1. The average molecular weight is 390 g/mol. The summed E-state index contributed by atoms with van der Waals surface area (Å²) >= 11 is 6.00. The number of hydrogen-bond acceptors (Lipinski definition) is 3. The lowest BCUT2D eigenvalue weighted by atomic mass is 9.91. The van der Waals surface area contributed by atoms with Crippen LogP contribution in [0.5, 0.6) is 11.5 Å². The van der Waals surface area contributed by atoms with Crippen LogP contribution in [0.1, 0.15) is 34.5 Å². The number of nitrogens with one attached hydrogen (secondary N) is 2. The predicted molar refractivity (Wildman–Crippen MR) is 106 cm³/mol. The van der Waals surface area contributed by atoms with Gasteiger partial charge in [0.2, 0.25) is 0 Å². The molecular weight excluding hydrogens is 364 g/mol. The zero-order chi connectivity index (χ0) is 19.4. The molecule has 0 fully saturated rings. The quantitative estimate of drug-likeness (QED) is 0.797. The molecule has 2 N–H and O–H groups in total. The number of likely N-dealkylation sites (N-methyl/N-ethyl adjacent to an activating group) is 1. The largest absolute Gasteiger partial charge is 0.493 e. The lowest BCUT2D eigenvalue weighted by Gasteiger charge is -2.34. The normalized spacial score (nSPS) is 18.5. The van der Waals surface area contributed by atoms with Crippen LogP contribution in [0.3, 0.4) is 0 Å². The van der Waals surface area contributed by atoms with Crippen LogP contribution in [0.4, 0.5) is 0 Å². The van der Waals surface area contributed by atoms with Gasteiger partial charge in [-0.1, -0.05) is 17.7 Å². The van der Waals surface area contributed by atoms with Gasteiger partial charge in [-0.25, -0.2) is 0 Å². The molecule has 1 heterocycles. The van der Waals surface area contributed by atoms with Crippen molar-refractivity contribution in [3.05, 3.63) is 58.1 Å². The summed E-state index contributed by atoms with van der Waals surface area (Å²) in [6, 6.07) is 11.3. The number of hydrogen-bond donors (Lipinski definition) is 2. The van der Waals surface area contributed by atoms with Crippen molar-refractivity contribution in [1.29, 1.82) is 0 Å². The van der Waals surface area contributed by atoms with Gasteiger partial charge in [0.25, 0.3) is 5.91 Å². The number of fused-ring (bicyclic) bond motifs is 1. The van der Waals surface area contributed by atoms with Gasteiger partial charge in [-0.15, -0.1) is 0 Å². The Labute approximate surface area is 165 Å². The Morgan fingerprint density at radius 3 is 2.63 bits per heavy atom. The Hall–Kier alpha value is -2.24. The molecule has 6 heteroatoms. The Morgan fingerprint density at radius 2 is 1.96 bits per heavy atom. The van der Waals surface area contributed by atoms with E-state index in [4.69, 9.17) is 21.1 Å². The van der Waals surface area contributed by atoms with Gasteiger partial charge in [0.05, 0.1) is 33.9 Å². The first-order valence-corrected chi connectivity index (χ1v) is 9.58. The molecule has 1 aliphatic rings. The van der Waals surface area contributed by atoms with Crippen molar-refractivity contribution in [2.75, 3.05) is 33.9 Å². The summed E-state index contributed by atoms with van der Waals surface area (Å²) in [4.78, 5) is 14.0. The highest BCUT2D eigenvalue weighted by atomic mass is 35.5. The number of halogens is 1. The number of quaternary nitrogens is 1. The Bertz CT molecular complexity index is 825. The molecule has 5 nitrogen and oxygen atoms in total. The Morgan fingerprint density at radius 1 is 1.22 bits per heavy atom. The van der Waals surface area contributed by atoms with Crippen LogP contribution in [0.25, 0.3) is 0 Å². The fourth-order valence-corrected chi connectivity index (χ4v) is 3.96. The number of methoxy groups -OCH3 is 2. The van der Waals surface area contributed by atoms with E-state index < -0.39 is 0 Å². The van der Waals surface area contributed by atoms with Gasteiger partial charge in [0, 0.05) is 22.6 Å². The molecule has 0 saturated carbocycles. The van der Waals surface area contributed by atoms with E-state index in [0.29, 0.717) is 17.1 Å². The van der Waals surface area contributed by atoms with Crippen LogP contribution in [-0.2, 0) is 6.42 Å². The first kappa shape index (κ1) is 19.5. The number of ether oxygens (including phenoxy) is 2. The number of benzene rings is 2. The molecule has 1 amide bonds. The minimum Gasteiger partial charge on any atom is -0.493 e. The summed E-state index contributed by atoms with van der Waals surface area (Å²) in [6.45, 7) is 4.74. The molecule has 0 bridgehead atoms. The zero-order valence-electron chi connectivity index (χ0n) is 16.0. The van der Waals surface area contributed by atoms with Gasteiger partial charge in [0.15, 0.2) is 11.5 Å². The van der Waals surface area contributed by atoms with Crippen molar-refractivity contribution in [3.8, 4) is 11.5 Å². The van der Waals surface area contributed by atoms with Gasteiger partial charge in [-0.2, -0.15) is 0 Å². The topological polar surface area (TPSA) is 52.0 Å². The summed E-state index contributed by atoms with van der Waals surface area (Å²) in [5.41, 5.74) is 3.04. The first-order valence-electron chi connectivity index (χ1n) is 9.20. The maximum absolute atomic E-state index is 12.5. The third-order valence-corrected chi connectivity index (χ3v) is 5.47. The predicted octanol–water partition coefficient (Wildman–Crippen LogP) is 2.29. The molecule has 0 spiro atoms. The number of carbonyl (C=O) groups is 1. The second-order valence-corrected chi connectivity index (χ2v) is 7.13. The molecule has 3 rings (SSSR count). The van der Waals surface area contributed by atoms with Crippen LogP contribution in [0.15, 0.2) is 36.4 Å². The molecule has 144 valence electrons. The maximum Gasteiger partial charge on any atom is 0.251 e. The van der Waals surface area contributed by atoms with E-state index in [1.165, 1.54) is 16.0 Å². The summed E-state index contributed by atoms with van der Waals surface area (Å²) < 4.78 is 10.9. The molecule has 2 aromatic carbocycles. The second kappa shape index (κ2) is 8.63. The number of rotatable bonds is 6. The van der Waals surface area contributed by atoms with Crippen molar-refractivity contribution in [3.63, 3.8) is 0 Å². The molecule has 1 unspecified atom stereocenters. The number of carbonyl (C=O) groups excluding carboxylic acids is 1. The highest BCUT2D eigenvalue weighted by Crippen LogP contribution is 2.34. The van der Waals surface area contributed by atoms with Crippen LogP contribution < -0.4 is 19.7 Å². The zero-order valence-corrected chi connectivity index (χ0v) is 16.7. The monoisotopic (exact) mass is 389 g/mol. The van der Waals surface area contributed by atoms with E-state index in [-0.39, 0.29) is 11.9 Å². The van der Waals surface area contributed by atoms with E-state index in [0.717, 1.165) is 31.0 Å². The van der Waals surface area contributed by atoms with E-state index in [1.807, 2.05) is 0 Å². The van der Waals surface area contributed by atoms with Crippen molar-refractivity contribution in [2.24, 2.45) is 0 Å². The lowest BCUT2D eigenvalue weighted by molar-refractivity contribution is -0.930. The van der Waals surface area contributed by atoms with Crippen molar-refractivity contribution < 1.29 is 19.2 Å². The fourth-order valence-electron chi connectivity index (χ4n) is 3.77. The molecule has 27 heavy (non-hydrogen) atoms. The van der Waals surface area contributed by atoms with Crippen molar-refractivity contribution in [2.45, 2.75) is 19.4 Å². The molecule has 0 aromatic heterocycles. The van der Waals surface area contributed by atoms with E-state index in [2.05, 4.69) is 24.4 Å². The van der Waals surface area contributed by atoms with E-state index in [9.17, 15) is 4.79 Å². The molecule has 0 aliphatic carbocycles. The maximum atomic E-state index is 12.5. The SMILES string of the molecule is CC[NH+]1CCc2cc(OC)c(OC)cc2[C@@H]1CNC(=O)c1cccc(Cl)c1. The minimum absolute atomic E-state index is 0.111. The average Bonchev–Trinajstić information content (AvgIpc) is 2.70. The van der Waals surface area contributed by atoms with Gasteiger partial charge < -0.3 is 19.7 Å². The summed E-state index contributed by atoms with van der Waals surface area (Å²) in [6.07, 6.45) is 0.984. The third kappa shape index (κ3) is 4.20. The minimum atomic E-state index is -0.111. The third-order valence-electron chi connectivity index (χ3n) is 5.24. The van der Waals surface area contributed by atoms with Crippen molar-refractivity contribution >= 4 is 17.5 Å². The molecular formula is C21H26ClN2O3+. The molecule has 0 radical (unpaired) electrons. The van der Waals surface area contributed by atoms with Crippen LogP contribution in [0.2, 0.25) is 5.02 Å².